The zero-order valence-corrected chi connectivity index (χ0v) is 46.0. The summed E-state index contributed by atoms with van der Waals surface area (Å²) in [4.78, 5) is 82.4. The highest BCUT2D eigenvalue weighted by Gasteiger charge is 2.23. The minimum absolute atomic E-state index is 0.0991. The first-order chi connectivity index (χ1) is 38.4. The molecular weight excluding hydrogens is 1030 g/mol. The van der Waals surface area contributed by atoms with Gasteiger partial charge in [-0.1, -0.05) is 75.1 Å². The molecule has 0 bridgehead atoms. The summed E-state index contributed by atoms with van der Waals surface area (Å²) in [5, 5.41) is 20.8. The zero-order chi connectivity index (χ0) is 57.0. The van der Waals surface area contributed by atoms with Crippen molar-refractivity contribution in [2.75, 3.05) is 152 Å². The van der Waals surface area contributed by atoms with E-state index in [1.54, 1.807) is 49.3 Å². The Morgan fingerprint density at radius 2 is 1.05 bits per heavy atom. The van der Waals surface area contributed by atoms with Crippen molar-refractivity contribution in [3.05, 3.63) is 71.6 Å². The summed E-state index contributed by atoms with van der Waals surface area (Å²) in [6.07, 6.45) is 5.26. The van der Waals surface area contributed by atoms with Crippen LogP contribution < -0.4 is 26.6 Å². The average molecular weight is 1110 g/mol. The van der Waals surface area contributed by atoms with Crippen molar-refractivity contribution >= 4 is 35.3 Å². The number of ketones is 1. The number of rotatable bonds is 46. The van der Waals surface area contributed by atoms with Crippen molar-refractivity contribution in [1.82, 2.24) is 51.5 Å². The number of carbonyl (C=O) groups is 6. The number of hydrogen-bond donors (Lipinski definition) is 5. The molecule has 1 aromatic carbocycles. The summed E-state index contributed by atoms with van der Waals surface area (Å²) in [5.74, 6) is 3.78. The average Bonchev–Trinajstić information content (AvgIpc) is 3.91. The summed E-state index contributed by atoms with van der Waals surface area (Å²) < 4.78 is 56.3. The first-order valence-electron chi connectivity index (χ1n) is 26.3. The van der Waals surface area contributed by atoms with Gasteiger partial charge in [-0.2, -0.15) is 0 Å². The lowest BCUT2D eigenvalue weighted by Gasteiger charge is -2.19. The largest absolute Gasteiger partial charge is 0.377 e. The second-order valence-corrected chi connectivity index (χ2v) is 17.7. The van der Waals surface area contributed by atoms with Crippen molar-refractivity contribution in [3.8, 4) is 11.8 Å². The van der Waals surface area contributed by atoms with Gasteiger partial charge in [0.1, 0.15) is 37.4 Å². The monoisotopic (exact) mass is 1110 g/mol. The number of carbonyl (C=O) groups excluding carboxylic acids is 6. The Kier molecular flexibility index (Phi) is 36.8. The standard InChI is InChI=1S/C53H80N10O16/c1-41(2)47(64)35-59-53(69)46(31-43-9-6-5-7-10-43)60-49(66)37-55-48(65)36-56-51(68)40-79-30-29-77-28-27-76-26-25-75-24-23-74-22-21-73-20-19-72-18-17-71-16-15-70-14-12-63-38-45(61-62-63)34-54-50(67)39-78-13-8-11-44-32-57-52(42(3)4)58-33-44/h5-7,9-10,32-33,38,41-42,46H,12-31,34-37,39-40H2,1-4H3,(H,54,67)(H,55,65)(H,56,68)(H,59,69)(H,60,66)/t46-/m0/s1. The Bertz CT molecular complexity index is 2230. The number of nitrogens with zero attached hydrogens (tertiary/aromatic N) is 5. The van der Waals surface area contributed by atoms with E-state index in [-0.39, 0.29) is 82.6 Å². The van der Waals surface area contributed by atoms with Gasteiger partial charge in [-0.3, -0.25) is 28.8 Å². The first kappa shape index (κ1) is 66.9. The van der Waals surface area contributed by atoms with Crippen molar-refractivity contribution in [3.63, 3.8) is 0 Å². The molecule has 26 nitrogen and oxygen atoms in total. The van der Waals surface area contributed by atoms with Crippen LogP contribution in [0, 0.1) is 17.8 Å². The molecule has 0 fully saturated rings. The molecule has 2 heterocycles. The van der Waals surface area contributed by atoms with Gasteiger partial charge in [-0.25, -0.2) is 14.6 Å². The van der Waals surface area contributed by atoms with Crippen LogP contribution in [-0.2, 0) is 95.6 Å². The highest BCUT2D eigenvalue weighted by atomic mass is 16.6. The minimum atomic E-state index is -0.975. The highest BCUT2D eigenvalue weighted by molar-refractivity contribution is 5.93. The molecule has 0 spiro atoms. The van der Waals surface area contributed by atoms with Crippen molar-refractivity contribution in [2.24, 2.45) is 5.92 Å². The topological polar surface area (TPSA) is 311 Å². The third kappa shape index (κ3) is 35.0. The molecule has 2 aromatic heterocycles. The Morgan fingerprint density at radius 3 is 1.59 bits per heavy atom. The lowest BCUT2D eigenvalue weighted by atomic mass is 10.0. The molecule has 0 aliphatic heterocycles. The number of Topliss-reactive ketones (excluding diaryl/α,β-unsaturated/α-hetero) is 1. The fourth-order valence-electron chi connectivity index (χ4n) is 6.16. The van der Waals surface area contributed by atoms with Gasteiger partial charge in [0.25, 0.3) is 0 Å². The molecule has 3 rings (SSSR count). The van der Waals surface area contributed by atoms with Gasteiger partial charge in [0.2, 0.25) is 29.5 Å². The van der Waals surface area contributed by atoms with Crippen molar-refractivity contribution < 1.29 is 76.1 Å². The molecule has 438 valence electrons. The molecule has 0 unspecified atom stereocenters. The fraction of sp³-hybridized carbons (Fsp3) is 0.623. The van der Waals surface area contributed by atoms with Gasteiger partial charge in [0, 0.05) is 30.7 Å². The van der Waals surface area contributed by atoms with E-state index in [2.05, 4.69) is 58.7 Å². The van der Waals surface area contributed by atoms with Crippen LogP contribution in [0.15, 0.2) is 48.9 Å². The maximum absolute atomic E-state index is 12.8. The van der Waals surface area contributed by atoms with Crippen LogP contribution >= 0.6 is 0 Å². The Balaban J connectivity index is 0.997. The van der Waals surface area contributed by atoms with Crippen LogP contribution in [-0.4, -0.2) is 218 Å². The predicted octanol–water partition coefficient (Wildman–Crippen LogP) is -0.673. The maximum Gasteiger partial charge on any atom is 0.246 e. The number of amides is 5. The van der Waals surface area contributed by atoms with Crippen LogP contribution in [0.5, 0.6) is 0 Å². The lowest BCUT2D eigenvalue weighted by molar-refractivity contribution is -0.131. The maximum atomic E-state index is 12.8. The molecule has 5 N–H and O–H groups in total. The molecule has 0 saturated heterocycles. The predicted molar refractivity (Wildman–Crippen MR) is 284 cm³/mol. The third-order valence-electron chi connectivity index (χ3n) is 10.5. The van der Waals surface area contributed by atoms with E-state index in [1.807, 2.05) is 32.0 Å². The normalized spacial score (nSPS) is 11.5. The molecule has 26 heteroatoms. The smallest absolute Gasteiger partial charge is 0.246 e. The van der Waals surface area contributed by atoms with Crippen LogP contribution in [0.3, 0.4) is 0 Å². The van der Waals surface area contributed by atoms with E-state index in [9.17, 15) is 28.8 Å². The molecule has 0 aliphatic carbocycles. The Hall–Kier alpha value is -6.38. The Labute approximate surface area is 462 Å². The SMILES string of the molecule is CC(C)C(=O)CNC(=O)[C@H](Cc1ccccc1)NC(=O)CNC(=O)CNC(=O)COCCOCCOCCOCCOCCOCCOCCOCCOCCn1cc(CNC(=O)COCC#Cc2cnc(C(C)C)nc2)nn1. The molecule has 0 radical (unpaired) electrons. The second kappa shape index (κ2) is 43.5. The second-order valence-electron chi connectivity index (χ2n) is 17.7. The van der Waals surface area contributed by atoms with Crippen LogP contribution in [0.2, 0.25) is 0 Å². The summed E-state index contributed by atoms with van der Waals surface area (Å²) >= 11 is 0. The molecule has 0 aliphatic rings. The summed E-state index contributed by atoms with van der Waals surface area (Å²) in [6, 6.07) is 8.08. The highest BCUT2D eigenvalue weighted by Crippen LogP contribution is 2.07. The molecule has 5 amide bonds. The van der Waals surface area contributed by atoms with E-state index >= 15 is 0 Å². The van der Waals surface area contributed by atoms with Gasteiger partial charge in [0.15, 0.2) is 5.78 Å². The molecule has 0 saturated carbocycles. The summed E-state index contributed by atoms with van der Waals surface area (Å²) in [7, 11) is 0. The number of aromatic nitrogens is 5. The van der Waals surface area contributed by atoms with Crippen LogP contribution in [0.4, 0.5) is 0 Å². The quantitative estimate of drug-likeness (QED) is 0.0346. The molecular formula is C53H80N10O16. The van der Waals surface area contributed by atoms with Gasteiger partial charge < -0.3 is 74.0 Å². The summed E-state index contributed by atoms with van der Waals surface area (Å²) in [6.45, 7) is 13.4. The Morgan fingerprint density at radius 1 is 0.557 bits per heavy atom. The van der Waals surface area contributed by atoms with E-state index < -0.39 is 36.2 Å². The van der Waals surface area contributed by atoms with Crippen LogP contribution in [0.1, 0.15) is 56.3 Å². The van der Waals surface area contributed by atoms with E-state index in [0.717, 1.165) is 11.4 Å². The van der Waals surface area contributed by atoms with Crippen molar-refractivity contribution in [2.45, 2.75) is 59.2 Å². The van der Waals surface area contributed by atoms with E-state index in [4.69, 9.17) is 47.4 Å². The zero-order valence-electron chi connectivity index (χ0n) is 46.0. The van der Waals surface area contributed by atoms with E-state index in [1.165, 1.54) is 0 Å². The third-order valence-corrected chi connectivity index (χ3v) is 10.5. The first-order valence-corrected chi connectivity index (χ1v) is 26.3. The van der Waals surface area contributed by atoms with E-state index in [0.29, 0.717) is 117 Å². The van der Waals surface area contributed by atoms with Gasteiger partial charge in [-0.05, 0) is 5.56 Å². The molecule has 3 aromatic rings. The molecule has 1 atom stereocenters. The number of benzene rings is 1. The number of nitrogens with one attached hydrogen (secondary N) is 5. The number of hydrogen-bond acceptors (Lipinski definition) is 20. The summed E-state index contributed by atoms with van der Waals surface area (Å²) in [5.41, 5.74) is 2.09. The van der Waals surface area contributed by atoms with Gasteiger partial charge in [0.05, 0.1) is 157 Å². The minimum Gasteiger partial charge on any atom is -0.377 e. The van der Waals surface area contributed by atoms with Gasteiger partial charge in [-0.15, -0.1) is 5.10 Å². The lowest BCUT2D eigenvalue weighted by Crippen LogP contribution is -2.52. The number of ether oxygens (including phenoxy) is 10. The van der Waals surface area contributed by atoms with Crippen LogP contribution in [0.25, 0.3) is 0 Å². The van der Waals surface area contributed by atoms with Gasteiger partial charge >= 0.3 is 0 Å². The van der Waals surface area contributed by atoms with Crippen molar-refractivity contribution in [1.29, 1.82) is 0 Å². The fourth-order valence-corrected chi connectivity index (χ4v) is 6.16. The molecule has 79 heavy (non-hydrogen) atoms.